The van der Waals surface area contributed by atoms with E-state index < -0.39 is 23.0 Å². The molecule has 1 aromatic heterocycles. The summed E-state index contributed by atoms with van der Waals surface area (Å²) >= 11 is 0. The Morgan fingerprint density at radius 1 is 1.25 bits per heavy atom. The van der Waals surface area contributed by atoms with E-state index in [0.717, 1.165) is 21.4 Å². The molecular formula is C13H12FN3O3. The standard InChI is InChI=1S/C13H12FN3O3/c1-16-7-10(12(19)17(2)13(16)20)11(18)15-9-5-3-4-8(14)6-9/h3-7H,1-2H3,(H,15,18). The summed E-state index contributed by atoms with van der Waals surface area (Å²) in [6.45, 7) is 0. The van der Waals surface area contributed by atoms with Gasteiger partial charge in [-0.05, 0) is 18.2 Å². The number of carbonyl (C=O) groups is 1. The van der Waals surface area contributed by atoms with Crippen molar-refractivity contribution in [3.63, 3.8) is 0 Å². The molecule has 0 saturated heterocycles. The lowest BCUT2D eigenvalue weighted by Crippen LogP contribution is -2.40. The van der Waals surface area contributed by atoms with Crippen LogP contribution in [-0.2, 0) is 14.1 Å². The summed E-state index contributed by atoms with van der Waals surface area (Å²) < 4.78 is 15.0. The van der Waals surface area contributed by atoms with Gasteiger partial charge in [-0.15, -0.1) is 0 Å². The van der Waals surface area contributed by atoms with Crippen LogP contribution < -0.4 is 16.6 Å². The second-order valence-electron chi connectivity index (χ2n) is 4.26. The van der Waals surface area contributed by atoms with Crippen molar-refractivity contribution < 1.29 is 9.18 Å². The van der Waals surface area contributed by atoms with E-state index in [1.54, 1.807) is 0 Å². The Morgan fingerprint density at radius 2 is 1.95 bits per heavy atom. The predicted molar refractivity (Wildman–Crippen MR) is 71.3 cm³/mol. The first-order valence-electron chi connectivity index (χ1n) is 5.73. The molecular weight excluding hydrogens is 265 g/mol. The molecule has 0 bridgehead atoms. The molecule has 1 heterocycles. The van der Waals surface area contributed by atoms with E-state index in [4.69, 9.17) is 0 Å². The summed E-state index contributed by atoms with van der Waals surface area (Å²) in [6, 6.07) is 5.29. The molecule has 0 fully saturated rings. The Kier molecular flexibility index (Phi) is 3.51. The number of nitrogens with zero attached hydrogens (tertiary/aromatic N) is 2. The van der Waals surface area contributed by atoms with Crippen LogP contribution in [0.15, 0.2) is 40.1 Å². The smallest absolute Gasteiger partial charge is 0.322 e. The Balaban J connectivity index is 2.40. The lowest BCUT2D eigenvalue weighted by Gasteiger charge is -2.07. The normalized spacial score (nSPS) is 10.3. The lowest BCUT2D eigenvalue weighted by molar-refractivity contribution is 0.102. The zero-order valence-electron chi connectivity index (χ0n) is 10.9. The van der Waals surface area contributed by atoms with Crippen molar-refractivity contribution in [3.05, 3.63) is 62.7 Å². The maximum atomic E-state index is 13.0. The summed E-state index contributed by atoms with van der Waals surface area (Å²) in [5, 5.41) is 2.41. The number of aromatic nitrogens is 2. The van der Waals surface area contributed by atoms with E-state index in [9.17, 15) is 18.8 Å². The topological polar surface area (TPSA) is 73.1 Å². The Morgan fingerprint density at radius 3 is 2.60 bits per heavy atom. The highest BCUT2D eigenvalue weighted by Crippen LogP contribution is 2.09. The Labute approximate surface area is 113 Å². The first kappa shape index (κ1) is 13.7. The second-order valence-corrected chi connectivity index (χ2v) is 4.26. The van der Waals surface area contributed by atoms with Crippen LogP contribution in [0.25, 0.3) is 0 Å². The monoisotopic (exact) mass is 277 g/mol. The number of carbonyl (C=O) groups excluding carboxylic acids is 1. The summed E-state index contributed by atoms with van der Waals surface area (Å²) in [4.78, 5) is 35.4. The molecule has 1 aromatic carbocycles. The van der Waals surface area contributed by atoms with Crippen molar-refractivity contribution in [2.24, 2.45) is 14.1 Å². The fourth-order valence-corrected chi connectivity index (χ4v) is 1.73. The van der Waals surface area contributed by atoms with Gasteiger partial charge in [-0.25, -0.2) is 9.18 Å². The van der Waals surface area contributed by atoms with Crippen LogP contribution in [0.1, 0.15) is 10.4 Å². The molecule has 1 N–H and O–H groups in total. The van der Waals surface area contributed by atoms with Gasteiger partial charge in [-0.3, -0.25) is 14.2 Å². The van der Waals surface area contributed by atoms with Crippen molar-refractivity contribution >= 4 is 11.6 Å². The number of hydrogen-bond donors (Lipinski definition) is 1. The summed E-state index contributed by atoms with van der Waals surface area (Å²) in [7, 11) is 2.71. The molecule has 1 amide bonds. The van der Waals surface area contributed by atoms with E-state index in [1.807, 2.05) is 0 Å². The zero-order valence-corrected chi connectivity index (χ0v) is 10.9. The second kappa shape index (κ2) is 5.12. The molecule has 0 spiro atoms. The zero-order chi connectivity index (χ0) is 14.9. The molecule has 20 heavy (non-hydrogen) atoms. The average Bonchev–Trinajstić information content (AvgIpc) is 2.40. The van der Waals surface area contributed by atoms with Gasteiger partial charge in [0.05, 0.1) is 0 Å². The van der Waals surface area contributed by atoms with Crippen molar-refractivity contribution in [1.29, 1.82) is 0 Å². The van der Waals surface area contributed by atoms with Crippen LogP contribution in [0.3, 0.4) is 0 Å². The van der Waals surface area contributed by atoms with Crippen LogP contribution in [-0.4, -0.2) is 15.0 Å². The maximum absolute atomic E-state index is 13.0. The fraction of sp³-hybridized carbons (Fsp3) is 0.154. The van der Waals surface area contributed by atoms with Gasteiger partial charge >= 0.3 is 5.69 Å². The molecule has 0 saturated carbocycles. The molecule has 0 aliphatic carbocycles. The number of anilines is 1. The molecule has 0 atom stereocenters. The highest BCUT2D eigenvalue weighted by Gasteiger charge is 2.14. The third kappa shape index (κ3) is 2.51. The molecule has 0 radical (unpaired) electrons. The van der Waals surface area contributed by atoms with Gasteiger partial charge in [-0.1, -0.05) is 6.07 Å². The van der Waals surface area contributed by atoms with Gasteiger partial charge in [-0.2, -0.15) is 0 Å². The largest absolute Gasteiger partial charge is 0.330 e. The van der Waals surface area contributed by atoms with E-state index in [0.29, 0.717) is 0 Å². The van der Waals surface area contributed by atoms with Crippen LogP contribution >= 0.6 is 0 Å². The highest BCUT2D eigenvalue weighted by atomic mass is 19.1. The molecule has 2 rings (SSSR count). The lowest BCUT2D eigenvalue weighted by atomic mass is 10.2. The van der Waals surface area contributed by atoms with Gasteiger partial charge in [0.2, 0.25) is 0 Å². The average molecular weight is 277 g/mol. The van der Waals surface area contributed by atoms with Crippen molar-refractivity contribution in [3.8, 4) is 0 Å². The van der Waals surface area contributed by atoms with E-state index >= 15 is 0 Å². The number of halogens is 1. The van der Waals surface area contributed by atoms with Crippen molar-refractivity contribution in [2.75, 3.05) is 5.32 Å². The molecule has 0 aliphatic heterocycles. The Bertz CT molecular complexity index is 792. The fourth-order valence-electron chi connectivity index (χ4n) is 1.73. The van der Waals surface area contributed by atoms with Crippen LogP contribution in [0, 0.1) is 5.82 Å². The molecule has 6 nitrogen and oxygen atoms in total. The predicted octanol–water partition coefficient (Wildman–Crippen LogP) is 0.475. The van der Waals surface area contributed by atoms with Crippen LogP contribution in [0.2, 0.25) is 0 Å². The SMILES string of the molecule is Cn1cc(C(=O)Nc2cccc(F)c2)c(=O)n(C)c1=O. The number of amides is 1. The minimum absolute atomic E-state index is 0.195. The number of benzene rings is 1. The quantitative estimate of drug-likeness (QED) is 0.867. The first-order chi connectivity index (χ1) is 9.40. The van der Waals surface area contributed by atoms with Crippen molar-refractivity contribution in [2.45, 2.75) is 0 Å². The van der Waals surface area contributed by atoms with Crippen molar-refractivity contribution in [1.82, 2.24) is 9.13 Å². The minimum Gasteiger partial charge on any atom is -0.322 e. The van der Waals surface area contributed by atoms with Crippen LogP contribution in [0.5, 0.6) is 0 Å². The molecule has 2 aromatic rings. The third-order valence-corrected chi connectivity index (χ3v) is 2.77. The highest BCUT2D eigenvalue weighted by molar-refractivity contribution is 6.03. The first-order valence-corrected chi connectivity index (χ1v) is 5.73. The third-order valence-electron chi connectivity index (χ3n) is 2.77. The molecule has 104 valence electrons. The summed E-state index contributed by atoms with van der Waals surface area (Å²) in [5.74, 6) is -1.21. The van der Waals surface area contributed by atoms with Gasteiger partial charge < -0.3 is 9.88 Å². The Hall–Kier alpha value is -2.70. The van der Waals surface area contributed by atoms with E-state index in [2.05, 4.69) is 5.32 Å². The van der Waals surface area contributed by atoms with Gasteiger partial charge in [0.1, 0.15) is 11.4 Å². The maximum Gasteiger partial charge on any atom is 0.330 e. The minimum atomic E-state index is -0.706. The molecule has 7 heteroatoms. The number of aryl methyl sites for hydroxylation is 1. The molecule has 0 aliphatic rings. The van der Waals surface area contributed by atoms with Gasteiger partial charge in [0, 0.05) is 26.0 Å². The van der Waals surface area contributed by atoms with E-state index in [-0.39, 0.29) is 11.3 Å². The van der Waals surface area contributed by atoms with E-state index in [1.165, 1.54) is 32.3 Å². The number of hydrogen-bond acceptors (Lipinski definition) is 3. The number of rotatable bonds is 2. The van der Waals surface area contributed by atoms with Gasteiger partial charge in [0.15, 0.2) is 0 Å². The molecule has 0 unspecified atom stereocenters. The summed E-state index contributed by atoms with van der Waals surface area (Å²) in [6.07, 6.45) is 1.15. The number of nitrogens with one attached hydrogen (secondary N) is 1. The van der Waals surface area contributed by atoms with Crippen LogP contribution in [0.4, 0.5) is 10.1 Å². The summed E-state index contributed by atoms with van der Waals surface area (Å²) in [5.41, 5.74) is -1.20. The van der Waals surface area contributed by atoms with Gasteiger partial charge in [0.25, 0.3) is 11.5 Å².